The van der Waals surface area contributed by atoms with Gasteiger partial charge in [-0.1, -0.05) is 5.92 Å². The van der Waals surface area contributed by atoms with Crippen LogP contribution in [-0.4, -0.2) is 38.5 Å². The molecule has 1 aliphatic heterocycles. The summed E-state index contributed by atoms with van der Waals surface area (Å²) in [5.41, 5.74) is 2.02. The first-order chi connectivity index (χ1) is 10.0. The number of terminal acetylenes is 1. The molecule has 0 fully saturated rings. The Kier molecular flexibility index (Phi) is 2.77. The summed E-state index contributed by atoms with van der Waals surface area (Å²) in [6.07, 6.45) is 6.79. The van der Waals surface area contributed by atoms with Crippen molar-refractivity contribution in [3.63, 3.8) is 0 Å². The lowest BCUT2D eigenvalue weighted by molar-refractivity contribution is 0.0683. The van der Waals surface area contributed by atoms with Crippen molar-refractivity contribution in [1.29, 1.82) is 0 Å². The molecule has 6 nitrogen and oxygen atoms in total. The van der Waals surface area contributed by atoms with E-state index in [2.05, 4.69) is 10.9 Å². The van der Waals surface area contributed by atoms with Gasteiger partial charge in [-0.15, -0.1) is 6.42 Å². The molecule has 1 N–H and O–H groups in total. The molecule has 0 radical (unpaired) electrons. The van der Waals surface area contributed by atoms with Crippen LogP contribution in [0.25, 0.3) is 5.69 Å². The predicted molar refractivity (Wildman–Crippen MR) is 74.3 cm³/mol. The summed E-state index contributed by atoms with van der Waals surface area (Å²) in [4.78, 5) is 29.0. The second-order valence-corrected chi connectivity index (χ2v) is 4.75. The summed E-state index contributed by atoms with van der Waals surface area (Å²) in [7, 11) is 1.61. The Hall–Kier alpha value is -3.07. The van der Waals surface area contributed by atoms with Crippen LogP contribution in [0.4, 0.5) is 0 Å². The number of imidazole rings is 1. The molecule has 0 saturated heterocycles. The second-order valence-electron chi connectivity index (χ2n) is 4.75. The quantitative estimate of drug-likeness (QED) is 0.795. The van der Waals surface area contributed by atoms with Gasteiger partial charge < -0.3 is 10.0 Å². The number of carboxylic acid groups (broad SMARTS) is 1. The lowest BCUT2D eigenvalue weighted by Gasteiger charge is -2.14. The highest BCUT2D eigenvalue weighted by Gasteiger charge is 2.28. The Labute approximate surface area is 120 Å². The van der Waals surface area contributed by atoms with Crippen molar-refractivity contribution < 1.29 is 14.7 Å². The van der Waals surface area contributed by atoms with Gasteiger partial charge in [0.25, 0.3) is 5.91 Å². The molecule has 0 spiro atoms. The maximum absolute atomic E-state index is 12.4. The molecular formula is C15H11N3O3. The number of carbonyl (C=O) groups is 2. The monoisotopic (exact) mass is 281 g/mol. The lowest BCUT2D eigenvalue weighted by Crippen LogP contribution is -2.25. The molecule has 1 amide bonds. The van der Waals surface area contributed by atoms with Crippen LogP contribution >= 0.6 is 0 Å². The Morgan fingerprint density at radius 1 is 1.48 bits per heavy atom. The summed E-state index contributed by atoms with van der Waals surface area (Å²) in [5.74, 6) is 1.17. The Bertz CT molecular complexity index is 814. The molecule has 2 heterocycles. The maximum atomic E-state index is 12.4. The van der Waals surface area contributed by atoms with Gasteiger partial charge in [-0.3, -0.25) is 9.36 Å². The van der Waals surface area contributed by atoms with E-state index in [9.17, 15) is 14.7 Å². The summed E-state index contributed by atoms with van der Waals surface area (Å²) in [6, 6.07) is 5.05. The number of fused-ring (bicyclic) bond motifs is 3. The van der Waals surface area contributed by atoms with Gasteiger partial charge in [-0.2, -0.15) is 0 Å². The van der Waals surface area contributed by atoms with Crippen molar-refractivity contribution in [3.05, 3.63) is 47.0 Å². The summed E-state index contributed by atoms with van der Waals surface area (Å²) in [5, 5.41) is 9.20. The first-order valence-electron chi connectivity index (χ1n) is 6.19. The molecule has 1 aromatic carbocycles. The number of aromatic carboxylic acids is 1. The van der Waals surface area contributed by atoms with E-state index in [1.165, 1.54) is 11.2 Å². The number of carbonyl (C=O) groups excluding carboxylic acids is 1. The van der Waals surface area contributed by atoms with Crippen molar-refractivity contribution in [2.45, 2.75) is 6.54 Å². The second kappa shape index (κ2) is 4.49. The van der Waals surface area contributed by atoms with E-state index in [1.54, 1.807) is 29.8 Å². The first-order valence-corrected chi connectivity index (χ1v) is 6.19. The summed E-state index contributed by atoms with van der Waals surface area (Å²) >= 11 is 0. The van der Waals surface area contributed by atoms with Gasteiger partial charge in [0.15, 0.2) is 5.69 Å². The molecule has 0 saturated carbocycles. The number of amides is 1. The highest BCUT2D eigenvalue weighted by atomic mass is 16.4. The highest BCUT2D eigenvalue weighted by molar-refractivity contribution is 5.99. The van der Waals surface area contributed by atoms with Crippen molar-refractivity contribution in [2.75, 3.05) is 7.05 Å². The van der Waals surface area contributed by atoms with Crippen molar-refractivity contribution in [3.8, 4) is 18.0 Å². The molecule has 0 atom stereocenters. The fraction of sp³-hybridized carbons (Fsp3) is 0.133. The van der Waals surface area contributed by atoms with Gasteiger partial charge in [-0.05, 0) is 18.2 Å². The number of benzene rings is 1. The Morgan fingerprint density at radius 2 is 2.24 bits per heavy atom. The SMILES string of the molecule is C#Cc1ccc2c(c1)C(=O)N(C)Cc1c(C(=O)O)ncn1-2. The molecular weight excluding hydrogens is 270 g/mol. The largest absolute Gasteiger partial charge is 0.476 e. The van der Waals surface area contributed by atoms with Crippen LogP contribution in [0.2, 0.25) is 0 Å². The van der Waals surface area contributed by atoms with Gasteiger partial charge >= 0.3 is 5.97 Å². The van der Waals surface area contributed by atoms with E-state index in [4.69, 9.17) is 6.42 Å². The average Bonchev–Trinajstić information content (AvgIpc) is 2.85. The van der Waals surface area contributed by atoms with Gasteiger partial charge in [0.2, 0.25) is 0 Å². The molecule has 104 valence electrons. The molecule has 1 aromatic heterocycles. The molecule has 1 aliphatic rings. The van der Waals surface area contributed by atoms with Crippen molar-refractivity contribution in [1.82, 2.24) is 14.5 Å². The van der Waals surface area contributed by atoms with E-state index in [1.807, 2.05) is 0 Å². The third-order valence-corrected chi connectivity index (χ3v) is 3.46. The summed E-state index contributed by atoms with van der Waals surface area (Å²) in [6.45, 7) is 0.167. The predicted octanol–water partition coefficient (Wildman–Crippen LogP) is 1.14. The van der Waals surface area contributed by atoms with E-state index < -0.39 is 5.97 Å². The molecule has 0 aliphatic carbocycles. The first kappa shape index (κ1) is 12.9. The van der Waals surface area contributed by atoms with E-state index in [0.29, 0.717) is 22.5 Å². The van der Waals surface area contributed by atoms with Crippen LogP contribution in [0.15, 0.2) is 24.5 Å². The number of aromatic nitrogens is 2. The average molecular weight is 281 g/mol. The van der Waals surface area contributed by atoms with Crippen LogP contribution in [0, 0.1) is 12.3 Å². The van der Waals surface area contributed by atoms with Crippen LogP contribution in [0.5, 0.6) is 0 Å². The van der Waals surface area contributed by atoms with Crippen LogP contribution in [0.3, 0.4) is 0 Å². The number of nitrogens with zero attached hydrogens (tertiary/aromatic N) is 3. The number of hydrogen-bond acceptors (Lipinski definition) is 3. The minimum Gasteiger partial charge on any atom is -0.476 e. The number of rotatable bonds is 1. The van der Waals surface area contributed by atoms with Crippen LogP contribution in [0.1, 0.15) is 32.1 Å². The summed E-state index contributed by atoms with van der Waals surface area (Å²) < 4.78 is 1.63. The molecule has 3 rings (SSSR count). The maximum Gasteiger partial charge on any atom is 0.356 e. The van der Waals surface area contributed by atoms with E-state index >= 15 is 0 Å². The normalized spacial score (nSPS) is 13.1. The molecule has 0 bridgehead atoms. The smallest absolute Gasteiger partial charge is 0.356 e. The van der Waals surface area contributed by atoms with Gasteiger partial charge in [0, 0.05) is 12.6 Å². The van der Waals surface area contributed by atoms with Crippen LogP contribution in [-0.2, 0) is 6.54 Å². The minimum absolute atomic E-state index is 0.0523. The standard InChI is InChI=1S/C15H11N3O3/c1-3-9-4-5-11-10(6-9)14(19)17(2)7-12-13(15(20)21)16-8-18(11)12/h1,4-6,8H,7H2,2H3,(H,20,21). The third kappa shape index (κ3) is 1.87. The van der Waals surface area contributed by atoms with E-state index in [-0.39, 0.29) is 18.1 Å². The van der Waals surface area contributed by atoms with Crippen LogP contribution < -0.4 is 0 Å². The van der Waals surface area contributed by atoms with Gasteiger partial charge in [0.1, 0.15) is 6.33 Å². The zero-order chi connectivity index (χ0) is 15.1. The number of hydrogen-bond donors (Lipinski definition) is 1. The topological polar surface area (TPSA) is 75.4 Å². The van der Waals surface area contributed by atoms with Gasteiger partial charge in [-0.25, -0.2) is 9.78 Å². The Balaban J connectivity index is 2.31. The fourth-order valence-corrected chi connectivity index (χ4v) is 2.42. The van der Waals surface area contributed by atoms with Crippen molar-refractivity contribution in [2.24, 2.45) is 0 Å². The zero-order valence-corrected chi connectivity index (χ0v) is 11.2. The molecule has 6 heteroatoms. The minimum atomic E-state index is -1.12. The molecule has 2 aromatic rings. The zero-order valence-electron chi connectivity index (χ0n) is 11.2. The third-order valence-electron chi connectivity index (χ3n) is 3.46. The number of carboxylic acids is 1. The molecule has 0 unspecified atom stereocenters. The van der Waals surface area contributed by atoms with Gasteiger partial charge in [0.05, 0.1) is 23.5 Å². The lowest BCUT2D eigenvalue weighted by atomic mass is 10.1. The van der Waals surface area contributed by atoms with Crippen molar-refractivity contribution >= 4 is 11.9 Å². The van der Waals surface area contributed by atoms with E-state index in [0.717, 1.165) is 0 Å². The fourth-order valence-electron chi connectivity index (χ4n) is 2.42. The highest BCUT2D eigenvalue weighted by Crippen LogP contribution is 2.26. The molecule has 21 heavy (non-hydrogen) atoms. The Morgan fingerprint density at radius 3 is 2.90 bits per heavy atom.